The van der Waals surface area contributed by atoms with Gasteiger partial charge in [0.1, 0.15) is 0 Å². The fourth-order valence-electron chi connectivity index (χ4n) is 4.27. The first-order chi connectivity index (χ1) is 12.8. The minimum atomic E-state index is 0.896. The lowest BCUT2D eigenvalue weighted by molar-refractivity contribution is 0.374. The van der Waals surface area contributed by atoms with E-state index in [1.165, 1.54) is 122 Å². The third kappa shape index (κ3) is 17.4. The number of unbranched alkanes of at least 4 members (excludes halogenated alkanes) is 11. The molecule has 0 aromatic rings. The highest BCUT2D eigenvalue weighted by Crippen LogP contribution is 2.29. The van der Waals surface area contributed by atoms with E-state index in [0.29, 0.717) is 0 Å². The third-order valence-electron chi connectivity index (χ3n) is 5.99. The monoisotopic (exact) mass is 365 g/mol. The molecule has 2 unspecified atom stereocenters. The molecule has 0 aromatic heterocycles. The topological polar surface area (TPSA) is 0 Å². The van der Waals surface area contributed by atoms with Crippen LogP contribution < -0.4 is 0 Å². The van der Waals surface area contributed by atoms with Crippen molar-refractivity contribution in [2.45, 2.75) is 150 Å². The average Bonchev–Trinajstić information content (AvgIpc) is 2.65. The fraction of sp³-hybridized carbons (Fsp3) is 0.962. The van der Waals surface area contributed by atoms with Gasteiger partial charge in [0.05, 0.1) is 0 Å². The maximum Gasteiger partial charge on any atom is -0.0324 e. The fourth-order valence-corrected chi connectivity index (χ4v) is 4.27. The van der Waals surface area contributed by atoms with Gasteiger partial charge in [-0.05, 0) is 18.3 Å². The SMILES string of the molecule is CCCCCCCCC([CH]C(CCCC)CCCCCCCC)CCC. The van der Waals surface area contributed by atoms with Gasteiger partial charge in [-0.1, -0.05) is 150 Å². The molecule has 0 aromatic carbocycles. The maximum atomic E-state index is 2.82. The Morgan fingerprint density at radius 1 is 0.385 bits per heavy atom. The number of hydrogen-bond donors (Lipinski definition) is 0. The second-order valence-electron chi connectivity index (χ2n) is 8.76. The Hall–Kier alpha value is 0. The molecular formula is C26H53. The van der Waals surface area contributed by atoms with Crippen LogP contribution in [0.3, 0.4) is 0 Å². The molecule has 0 spiro atoms. The molecule has 0 N–H and O–H groups in total. The van der Waals surface area contributed by atoms with Crippen molar-refractivity contribution in [3.63, 3.8) is 0 Å². The Kier molecular flexibility index (Phi) is 21.3. The van der Waals surface area contributed by atoms with Crippen LogP contribution in [0.4, 0.5) is 0 Å². The molecule has 0 aliphatic carbocycles. The van der Waals surface area contributed by atoms with E-state index in [-0.39, 0.29) is 0 Å². The first-order valence-electron chi connectivity index (χ1n) is 12.6. The van der Waals surface area contributed by atoms with Crippen molar-refractivity contribution in [1.82, 2.24) is 0 Å². The van der Waals surface area contributed by atoms with Gasteiger partial charge in [0.15, 0.2) is 0 Å². The smallest absolute Gasteiger partial charge is 0.0324 e. The molecule has 0 heteroatoms. The number of rotatable bonds is 21. The lowest BCUT2D eigenvalue weighted by Gasteiger charge is -2.23. The highest BCUT2D eigenvalue weighted by atomic mass is 14.2. The molecule has 0 rings (SSSR count). The molecular weight excluding hydrogens is 312 g/mol. The summed E-state index contributed by atoms with van der Waals surface area (Å²) in [7, 11) is 0. The summed E-state index contributed by atoms with van der Waals surface area (Å²) in [6, 6.07) is 0. The van der Waals surface area contributed by atoms with E-state index in [2.05, 4.69) is 34.1 Å². The Morgan fingerprint density at radius 2 is 0.769 bits per heavy atom. The van der Waals surface area contributed by atoms with Crippen molar-refractivity contribution in [2.75, 3.05) is 0 Å². The quantitative estimate of drug-likeness (QED) is 0.177. The summed E-state index contributed by atoms with van der Waals surface area (Å²) in [5.41, 5.74) is 0. The Morgan fingerprint density at radius 3 is 1.23 bits per heavy atom. The summed E-state index contributed by atoms with van der Waals surface area (Å²) in [5, 5.41) is 0. The van der Waals surface area contributed by atoms with E-state index in [1.54, 1.807) is 0 Å². The molecule has 0 aliphatic heterocycles. The Balaban J connectivity index is 4.09. The third-order valence-corrected chi connectivity index (χ3v) is 5.99. The molecule has 0 amide bonds. The summed E-state index contributed by atoms with van der Waals surface area (Å²) in [5.74, 6) is 1.80. The van der Waals surface area contributed by atoms with Crippen LogP contribution in [-0.2, 0) is 0 Å². The maximum absolute atomic E-state index is 2.82. The van der Waals surface area contributed by atoms with Crippen molar-refractivity contribution < 1.29 is 0 Å². The molecule has 0 saturated carbocycles. The van der Waals surface area contributed by atoms with Crippen molar-refractivity contribution in [3.8, 4) is 0 Å². The van der Waals surface area contributed by atoms with Gasteiger partial charge >= 0.3 is 0 Å². The van der Waals surface area contributed by atoms with Gasteiger partial charge in [0.2, 0.25) is 0 Å². The predicted molar refractivity (Wildman–Crippen MR) is 122 cm³/mol. The summed E-state index contributed by atoms with van der Waals surface area (Å²) in [6.45, 7) is 9.35. The van der Waals surface area contributed by atoms with E-state index in [9.17, 15) is 0 Å². The molecule has 0 nitrogen and oxygen atoms in total. The number of hydrogen-bond acceptors (Lipinski definition) is 0. The Bertz CT molecular complexity index is 244. The standard InChI is InChI=1S/C26H53/c1-5-9-12-14-16-18-22-25(20-8-4)24-26(21-11-7-3)23-19-17-15-13-10-6-2/h24-26H,5-23H2,1-4H3. The lowest BCUT2D eigenvalue weighted by atomic mass is 9.82. The zero-order valence-corrected chi connectivity index (χ0v) is 19.2. The molecule has 157 valence electrons. The lowest BCUT2D eigenvalue weighted by Crippen LogP contribution is -2.11. The largest absolute Gasteiger partial charge is 0.0654 e. The molecule has 0 bridgehead atoms. The van der Waals surface area contributed by atoms with Crippen LogP contribution in [0.15, 0.2) is 0 Å². The molecule has 0 aliphatic rings. The van der Waals surface area contributed by atoms with E-state index < -0.39 is 0 Å². The van der Waals surface area contributed by atoms with Gasteiger partial charge < -0.3 is 0 Å². The van der Waals surface area contributed by atoms with Crippen LogP contribution in [0.5, 0.6) is 0 Å². The minimum absolute atomic E-state index is 0.896. The zero-order chi connectivity index (χ0) is 19.3. The van der Waals surface area contributed by atoms with E-state index in [4.69, 9.17) is 0 Å². The normalized spacial score (nSPS) is 13.8. The molecule has 0 fully saturated rings. The molecule has 1 radical (unpaired) electrons. The van der Waals surface area contributed by atoms with E-state index in [1.807, 2.05) is 0 Å². The van der Waals surface area contributed by atoms with Gasteiger partial charge in [-0.25, -0.2) is 0 Å². The molecule has 0 saturated heterocycles. The first-order valence-corrected chi connectivity index (χ1v) is 12.6. The zero-order valence-electron chi connectivity index (χ0n) is 19.2. The van der Waals surface area contributed by atoms with Crippen LogP contribution in [0, 0.1) is 18.3 Å². The second kappa shape index (κ2) is 21.3. The van der Waals surface area contributed by atoms with Crippen LogP contribution in [-0.4, -0.2) is 0 Å². The highest BCUT2D eigenvalue weighted by molar-refractivity contribution is 4.84. The van der Waals surface area contributed by atoms with Crippen LogP contribution >= 0.6 is 0 Å². The molecule has 0 heterocycles. The summed E-state index contributed by atoms with van der Waals surface area (Å²) >= 11 is 0. The van der Waals surface area contributed by atoms with Crippen molar-refractivity contribution in [3.05, 3.63) is 6.42 Å². The van der Waals surface area contributed by atoms with Crippen LogP contribution in [0.25, 0.3) is 0 Å². The van der Waals surface area contributed by atoms with E-state index >= 15 is 0 Å². The van der Waals surface area contributed by atoms with Crippen LogP contribution in [0.1, 0.15) is 150 Å². The molecule has 26 heavy (non-hydrogen) atoms. The van der Waals surface area contributed by atoms with Crippen molar-refractivity contribution in [1.29, 1.82) is 0 Å². The second-order valence-corrected chi connectivity index (χ2v) is 8.76. The van der Waals surface area contributed by atoms with E-state index in [0.717, 1.165) is 11.8 Å². The van der Waals surface area contributed by atoms with Gasteiger partial charge in [-0.3, -0.25) is 0 Å². The Labute approximate surface area is 168 Å². The van der Waals surface area contributed by atoms with Gasteiger partial charge in [0, 0.05) is 0 Å². The van der Waals surface area contributed by atoms with Crippen molar-refractivity contribution in [2.24, 2.45) is 11.8 Å². The average molecular weight is 366 g/mol. The van der Waals surface area contributed by atoms with Gasteiger partial charge in [-0.2, -0.15) is 0 Å². The summed E-state index contributed by atoms with van der Waals surface area (Å²) < 4.78 is 0. The van der Waals surface area contributed by atoms with Crippen molar-refractivity contribution >= 4 is 0 Å². The first kappa shape index (κ1) is 26.0. The highest BCUT2D eigenvalue weighted by Gasteiger charge is 2.16. The van der Waals surface area contributed by atoms with Crippen LogP contribution in [0.2, 0.25) is 0 Å². The molecule has 2 atom stereocenters. The predicted octanol–water partition coefficient (Wildman–Crippen LogP) is 9.91. The summed E-state index contributed by atoms with van der Waals surface area (Å²) in [4.78, 5) is 0. The van der Waals surface area contributed by atoms with Gasteiger partial charge in [0.25, 0.3) is 0 Å². The van der Waals surface area contributed by atoms with Gasteiger partial charge in [-0.15, -0.1) is 0 Å². The minimum Gasteiger partial charge on any atom is -0.0654 e. The summed E-state index contributed by atoms with van der Waals surface area (Å²) in [6.07, 6.45) is 30.0.